The van der Waals surface area contributed by atoms with Gasteiger partial charge in [-0.15, -0.1) is 11.6 Å². The highest BCUT2D eigenvalue weighted by atomic mass is 79.9. The van der Waals surface area contributed by atoms with Crippen molar-refractivity contribution in [2.45, 2.75) is 17.1 Å². The maximum Gasteiger partial charge on any atom is 0.178 e. The van der Waals surface area contributed by atoms with E-state index in [9.17, 15) is 4.79 Å². The van der Waals surface area contributed by atoms with Gasteiger partial charge >= 0.3 is 0 Å². The van der Waals surface area contributed by atoms with Crippen molar-refractivity contribution in [2.24, 2.45) is 0 Å². The first-order chi connectivity index (χ1) is 9.09. The highest BCUT2D eigenvalue weighted by molar-refractivity contribution is 9.10. The summed E-state index contributed by atoms with van der Waals surface area (Å²) in [5.41, 5.74) is 2.74. The summed E-state index contributed by atoms with van der Waals surface area (Å²) in [5.74, 6) is 0.00357. The van der Waals surface area contributed by atoms with Crippen molar-refractivity contribution in [1.29, 1.82) is 0 Å². The van der Waals surface area contributed by atoms with Crippen molar-refractivity contribution in [3.05, 3.63) is 71.3 Å². The molecule has 2 atom stereocenters. The predicted octanol–water partition coefficient (Wildman–Crippen LogP) is 4.92. The number of Topliss-reactive ketones (excluding diaryl/α,β-unsaturated/α-hetero) is 1. The second kappa shape index (κ2) is 6.36. The quantitative estimate of drug-likeness (QED) is 0.571. The summed E-state index contributed by atoms with van der Waals surface area (Å²) in [5, 5.41) is -0.380. The Hall–Kier alpha value is -1.12. The number of halogens is 2. The van der Waals surface area contributed by atoms with Crippen LogP contribution in [-0.4, -0.2) is 10.6 Å². The van der Waals surface area contributed by atoms with Gasteiger partial charge < -0.3 is 0 Å². The lowest BCUT2D eigenvalue weighted by molar-refractivity contribution is 0.0990. The highest BCUT2D eigenvalue weighted by Gasteiger charge is 2.26. The third kappa shape index (κ3) is 3.46. The first kappa shape index (κ1) is 14.3. The summed E-state index contributed by atoms with van der Waals surface area (Å²) >= 11 is 9.78. The smallest absolute Gasteiger partial charge is 0.178 e. The van der Waals surface area contributed by atoms with Gasteiger partial charge in [-0.25, -0.2) is 0 Å². The van der Waals surface area contributed by atoms with E-state index in [1.807, 2.05) is 61.5 Å². The average Bonchev–Trinajstić information content (AvgIpc) is 2.46. The number of alkyl halides is 2. The largest absolute Gasteiger partial charge is 0.293 e. The standard InChI is InChI=1S/C16H14BrClO/c1-11-7-9-13(10-8-11)16(19)14(17)15(18)12-5-3-2-4-6-12/h2-10,14-15H,1H3/t14-,15+/m1/s1. The number of hydrogen-bond acceptors (Lipinski definition) is 1. The zero-order chi connectivity index (χ0) is 13.8. The molecule has 0 heterocycles. The average molecular weight is 338 g/mol. The zero-order valence-electron chi connectivity index (χ0n) is 10.5. The second-order valence-corrected chi connectivity index (χ2v) is 5.90. The maximum atomic E-state index is 12.3. The molecule has 19 heavy (non-hydrogen) atoms. The summed E-state index contributed by atoms with van der Waals surface area (Å²) in [4.78, 5) is 11.9. The SMILES string of the molecule is Cc1ccc(C(=O)[C@H](Br)[C@@H](Cl)c2ccccc2)cc1. The minimum atomic E-state index is -0.431. The van der Waals surface area contributed by atoms with Gasteiger partial charge in [-0.3, -0.25) is 4.79 Å². The van der Waals surface area contributed by atoms with Crippen molar-refractivity contribution >= 4 is 33.3 Å². The van der Waals surface area contributed by atoms with Gasteiger partial charge in [0.2, 0.25) is 0 Å². The molecule has 2 aromatic rings. The Morgan fingerprint density at radius 2 is 1.63 bits per heavy atom. The Bertz CT molecular complexity index is 551. The molecule has 0 aliphatic rings. The molecule has 0 saturated carbocycles. The van der Waals surface area contributed by atoms with Crippen molar-refractivity contribution in [3.8, 4) is 0 Å². The third-order valence-electron chi connectivity index (χ3n) is 2.96. The normalized spacial score (nSPS) is 13.8. The number of aryl methyl sites for hydroxylation is 1. The van der Waals surface area contributed by atoms with Crippen LogP contribution in [0.5, 0.6) is 0 Å². The van der Waals surface area contributed by atoms with E-state index in [1.54, 1.807) is 0 Å². The molecule has 0 aliphatic carbocycles. The minimum absolute atomic E-state index is 0.00357. The summed E-state index contributed by atoms with van der Waals surface area (Å²) in [6, 6.07) is 17.1. The summed E-state index contributed by atoms with van der Waals surface area (Å²) in [6.07, 6.45) is 0. The van der Waals surface area contributed by atoms with Crippen LogP contribution in [0.4, 0.5) is 0 Å². The lowest BCUT2D eigenvalue weighted by Gasteiger charge is -2.16. The molecule has 0 radical (unpaired) electrons. The van der Waals surface area contributed by atoms with Crippen LogP contribution in [0.25, 0.3) is 0 Å². The molecule has 0 saturated heterocycles. The molecule has 0 aliphatic heterocycles. The topological polar surface area (TPSA) is 17.1 Å². The van der Waals surface area contributed by atoms with E-state index in [-0.39, 0.29) is 11.2 Å². The molecule has 98 valence electrons. The molecule has 0 unspecified atom stereocenters. The fourth-order valence-electron chi connectivity index (χ4n) is 1.82. The van der Waals surface area contributed by atoms with Crippen LogP contribution in [0.1, 0.15) is 26.9 Å². The number of carbonyl (C=O) groups excluding carboxylic acids is 1. The molecule has 0 amide bonds. The zero-order valence-corrected chi connectivity index (χ0v) is 12.9. The Labute approximate surface area is 126 Å². The molecule has 1 nitrogen and oxygen atoms in total. The summed E-state index contributed by atoms with van der Waals surface area (Å²) in [7, 11) is 0. The van der Waals surface area contributed by atoms with Gasteiger partial charge in [0.1, 0.15) is 0 Å². The van der Waals surface area contributed by atoms with Crippen molar-refractivity contribution < 1.29 is 4.79 Å². The van der Waals surface area contributed by atoms with Gasteiger partial charge in [0.25, 0.3) is 0 Å². The molecule has 3 heteroatoms. The molecule has 0 N–H and O–H groups in total. The lowest BCUT2D eigenvalue weighted by atomic mass is 10.0. The maximum absolute atomic E-state index is 12.3. The van der Waals surface area contributed by atoms with Gasteiger partial charge in [0.15, 0.2) is 5.78 Å². The van der Waals surface area contributed by atoms with E-state index in [0.717, 1.165) is 11.1 Å². The Morgan fingerprint density at radius 3 is 2.21 bits per heavy atom. The Morgan fingerprint density at radius 1 is 1.05 bits per heavy atom. The molecule has 0 bridgehead atoms. The number of hydrogen-bond donors (Lipinski definition) is 0. The van der Waals surface area contributed by atoms with Gasteiger partial charge in [0, 0.05) is 5.56 Å². The molecule has 0 aromatic heterocycles. The second-order valence-electron chi connectivity index (χ2n) is 4.44. The number of ketones is 1. The molecular weight excluding hydrogens is 324 g/mol. The van der Waals surface area contributed by atoms with Crippen LogP contribution >= 0.6 is 27.5 Å². The number of carbonyl (C=O) groups is 1. The summed E-state index contributed by atoms with van der Waals surface area (Å²) in [6.45, 7) is 1.99. The molecule has 2 aromatic carbocycles. The number of benzene rings is 2. The summed E-state index contributed by atoms with van der Waals surface area (Å²) < 4.78 is 0. The van der Waals surface area contributed by atoms with E-state index in [2.05, 4.69) is 15.9 Å². The highest BCUT2D eigenvalue weighted by Crippen LogP contribution is 2.31. The fourth-order valence-corrected chi connectivity index (χ4v) is 2.65. The van der Waals surface area contributed by atoms with E-state index < -0.39 is 4.83 Å². The Kier molecular flexibility index (Phi) is 4.78. The van der Waals surface area contributed by atoms with Crippen LogP contribution in [0.3, 0.4) is 0 Å². The van der Waals surface area contributed by atoms with Crippen LogP contribution in [0, 0.1) is 6.92 Å². The molecule has 0 fully saturated rings. The number of rotatable bonds is 4. The first-order valence-corrected chi connectivity index (χ1v) is 7.39. The van der Waals surface area contributed by atoms with E-state index in [0.29, 0.717) is 5.56 Å². The van der Waals surface area contributed by atoms with Gasteiger partial charge in [-0.05, 0) is 12.5 Å². The van der Waals surface area contributed by atoms with Crippen LogP contribution < -0.4 is 0 Å². The van der Waals surface area contributed by atoms with E-state index >= 15 is 0 Å². The van der Waals surface area contributed by atoms with Crippen molar-refractivity contribution in [3.63, 3.8) is 0 Å². The molecule has 2 rings (SSSR count). The fraction of sp³-hybridized carbons (Fsp3) is 0.188. The van der Waals surface area contributed by atoms with E-state index in [1.165, 1.54) is 0 Å². The first-order valence-electron chi connectivity index (χ1n) is 6.03. The van der Waals surface area contributed by atoms with Gasteiger partial charge in [-0.1, -0.05) is 76.1 Å². The van der Waals surface area contributed by atoms with Crippen LogP contribution in [-0.2, 0) is 0 Å². The predicted molar refractivity (Wildman–Crippen MR) is 83.3 cm³/mol. The van der Waals surface area contributed by atoms with Gasteiger partial charge in [-0.2, -0.15) is 0 Å². The third-order valence-corrected chi connectivity index (χ3v) is 4.71. The van der Waals surface area contributed by atoms with Crippen LogP contribution in [0.15, 0.2) is 54.6 Å². The van der Waals surface area contributed by atoms with Crippen molar-refractivity contribution in [1.82, 2.24) is 0 Å². The molecular formula is C16H14BrClO. The minimum Gasteiger partial charge on any atom is -0.293 e. The van der Waals surface area contributed by atoms with Crippen LogP contribution in [0.2, 0.25) is 0 Å². The molecule has 0 spiro atoms. The van der Waals surface area contributed by atoms with E-state index in [4.69, 9.17) is 11.6 Å². The lowest BCUT2D eigenvalue weighted by Crippen LogP contribution is -2.19. The Balaban J connectivity index is 2.17. The monoisotopic (exact) mass is 336 g/mol. The van der Waals surface area contributed by atoms with Crippen molar-refractivity contribution in [2.75, 3.05) is 0 Å². The van der Waals surface area contributed by atoms with Gasteiger partial charge in [0.05, 0.1) is 10.2 Å².